The molecule has 4 rings (SSSR count). The van der Waals surface area contributed by atoms with Gasteiger partial charge in [0.05, 0.1) is 6.10 Å². The Kier molecular flexibility index (Phi) is 7.70. The second-order valence-corrected chi connectivity index (χ2v) is 9.30. The lowest BCUT2D eigenvalue weighted by Gasteiger charge is -2.30. The molecule has 0 heterocycles. The molecule has 4 unspecified atom stereocenters. The molecule has 8 heteroatoms. The maximum atomic E-state index is 12.7. The Morgan fingerprint density at radius 1 is 1.03 bits per heavy atom. The van der Waals surface area contributed by atoms with Gasteiger partial charge >= 0.3 is 12.1 Å². The van der Waals surface area contributed by atoms with Crippen LogP contribution in [0.5, 0.6) is 0 Å². The van der Waals surface area contributed by atoms with Crippen LogP contribution in [0.25, 0.3) is 11.1 Å². The van der Waals surface area contributed by atoms with Crippen molar-refractivity contribution in [2.24, 2.45) is 5.92 Å². The largest absolute Gasteiger partial charge is 0.480 e. The number of carbonyl (C=O) groups excluding carboxylic acids is 2. The SMILES string of the molecule is COC(C)C(NC(=O)C1CCCC(NC(=O)OCC2c3ccccc3-c3ccccc32)C1)C(=O)O. The van der Waals surface area contributed by atoms with E-state index in [0.717, 1.165) is 24.0 Å². The van der Waals surface area contributed by atoms with E-state index in [0.29, 0.717) is 12.8 Å². The zero-order valence-electron chi connectivity index (χ0n) is 20.0. The fourth-order valence-electron chi connectivity index (χ4n) is 5.15. The number of ether oxygens (including phenoxy) is 2. The Hall–Kier alpha value is -3.39. The molecule has 2 aromatic carbocycles. The monoisotopic (exact) mass is 480 g/mol. The Balaban J connectivity index is 1.32. The summed E-state index contributed by atoms with van der Waals surface area (Å²) in [6, 6.07) is 15.0. The molecule has 0 bridgehead atoms. The molecule has 0 radical (unpaired) electrons. The van der Waals surface area contributed by atoms with Crippen molar-refractivity contribution in [1.29, 1.82) is 0 Å². The van der Waals surface area contributed by atoms with E-state index >= 15 is 0 Å². The lowest BCUT2D eigenvalue weighted by Crippen LogP contribution is -2.51. The molecule has 8 nitrogen and oxygen atoms in total. The molecule has 0 aromatic heterocycles. The van der Waals surface area contributed by atoms with Crippen molar-refractivity contribution in [2.45, 2.75) is 56.7 Å². The number of alkyl carbamates (subject to hydrolysis) is 1. The van der Waals surface area contributed by atoms with E-state index in [-0.39, 0.29) is 30.4 Å². The Bertz CT molecular complexity index is 1040. The van der Waals surface area contributed by atoms with Crippen LogP contribution in [0.15, 0.2) is 48.5 Å². The minimum atomic E-state index is -1.14. The quantitative estimate of drug-likeness (QED) is 0.531. The number of hydrogen-bond acceptors (Lipinski definition) is 5. The Morgan fingerprint density at radius 2 is 1.66 bits per heavy atom. The third-order valence-corrected chi connectivity index (χ3v) is 7.12. The average Bonchev–Trinajstić information content (AvgIpc) is 3.19. The lowest BCUT2D eigenvalue weighted by atomic mass is 9.85. The maximum absolute atomic E-state index is 12.7. The molecule has 4 atom stereocenters. The van der Waals surface area contributed by atoms with E-state index in [2.05, 4.69) is 34.9 Å². The van der Waals surface area contributed by atoms with E-state index in [4.69, 9.17) is 9.47 Å². The minimum Gasteiger partial charge on any atom is -0.480 e. The number of hydrogen-bond donors (Lipinski definition) is 3. The molecular formula is C27H32N2O6. The van der Waals surface area contributed by atoms with E-state index in [1.54, 1.807) is 6.92 Å². The van der Waals surface area contributed by atoms with Gasteiger partial charge in [-0.3, -0.25) is 4.79 Å². The number of carboxylic acid groups (broad SMARTS) is 1. The molecular weight excluding hydrogens is 448 g/mol. The number of carbonyl (C=O) groups is 3. The van der Waals surface area contributed by atoms with Crippen LogP contribution in [0.1, 0.15) is 49.7 Å². The highest BCUT2D eigenvalue weighted by molar-refractivity contribution is 5.85. The van der Waals surface area contributed by atoms with Crippen LogP contribution in [0.2, 0.25) is 0 Å². The summed E-state index contributed by atoms with van der Waals surface area (Å²) < 4.78 is 10.7. The molecule has 35 heavy (non-hydrogen) atoms. The minimum absolute atomic E-state index is 0.0197. The summed E-state index contributed by atoms with van der Waals surface area (Å²) in [5, 5.41) is 14.9. The fraction of sp³-hybridized carbons (Fsp3) is 0.444. The van der Waals surface area contributed by atoms with Crippen molar-refractivity contribution in [1.82, 2.24) is 10.6 Å². The van der Waals surface area contributed by atoms with Gasteiger partial charge in [0, 0.05) is 25.0 Å². The highest BCUT2D eigenvalue weighted by Crippen LogP contribution is 2.44. The van der Waals surface area contributed by atoms with Gasteiger partial charge in [0.2, 0.25) is 5.91 Å². The topological polar surface area (TPSA) is 114 Å². The van der Waals surface area contributed by atoms with Crippen molar-refractivity contribution in [3.05, 3.63) is 59.7 Å². The van der Waals surface area contributed by atoms with Gasteiger partial charge in [0.25, 0.3) is 0 Å². The van der Waals surface area contributed by atoms with Gasteiger partial charge in [-0.15, -0.1) is 0 Å². The third kappa shape index (κ3) is 5.48. The number of aliphatic carboxylic acids is 1. The van der Waals surface area contributed by atoms with Gasteiger partial charge in [-0.2, -0.15) is 0 Å². The predicted molar refractivity (Wildman–Crippen MR) is 130 cm³/mol. The normalized spacial score (nSPS) is 20.7. The van der Waals surface area contributed by atoms with Crippen LogP contribution in [-0.2, 0) is 19.1 Å². The number of amides is 2. The van der Waals surface area contributed by atoms with E-state index in [1.165, 1.54) is 18.2 Å². The van der Waals surface area contributed by atoms with E-state index in [9.17, 15) is 19.5 Å². The summed E-state index contributed by atoms with van der Waals surface area (Å²) in [7, 11) is 1.40. The average molecular weight is 481 g/mol. The summed E-state index contributed by atoms with van der Waals surface area (Å²) in [5.41, 5.74) is 4.63. The van der Waals surface area contributed by atoms with Crippen LogP contribution in [0, 0.1) is 5.92 Å². The van der Waals surface area contributed by atoms with Crippen LogP contribution in [0.3, 0.4) is 0 Å². The predicted octanol–water partition coefficient (Wildman–Crippen LogP) is 3.69. The number of carboxylic acids is 1. The van der Waals surface area contributed by atoms with Crippen molar-refractivity contribution >= 4 is 18.0 Å². The zero-order chi connectivity index (χ0) is 24.9. The number of nitrogens with one attached hydrogen (secondary N) is 2. The number of fused-ring (bicyclic) bond motifs is 3. The van der Waals surface area contributed by atoms with Crippen LogP contribution in [-0.4, -0.2) is 55.0 Å². The molecule has 0 spiro atoms. The van der Waals surface area contributed by atoms with Crippen molar-refractivity contribution in [3.63, 3.8) is 0 Å². The van der Waals surface area contributed by atoms with Crippen LogP contribution < -0.4 is 10.6 Å². The van der Waals surface area contributed by atoms with Gasteiger partial charge in [-0.05, 0) is 48.4 Å². The summed E-state index contributed by atoms with van der Waals surface area (Å²) in [6.45, 7) is 1.83. The number of benzene rings is 2. The molecule has 3 N–H and O–H groups in total. The van der Waals surface area contributed by atoms with Gasteiger partial charge in [0.15, 0.2) is 6.04 Å². The van der Waals surface area contributed by atoms with E-state index in [1.807, 2.05) is 24.3 Å². The molecule has 1 fully saturated rings. The van der Waals surface area contributed by atoms with Crippen molar-refractivity contribution in [3.8, 4) is 11.1 Å². The maximum Gasteiger partial charge on any atom is 0.407 e. The molecule has 2 aliphatic rings. The Morgan fingerprint density at radius 3 is 2.26 bits per heavy atom. The highest BCUT2D eigenvalue weighted by Gasteiger charge is 2.34. The third-order valence-electron chi connectivity index (χ3n) is 7.12. The molecule has 2 aliphatic carbocycles. The van der Waals surface area contributed by atoms with Crippen molar-refractivity contribution < 1.29 is 29.0 Å². The second kappa shape index (κ2) is 10.9. The molecule has 0 saturated heterocycles. The number of rotatable bonds is 8. The molecule has 0 aliphatic heterocycles. The summed E-state index contributed by atoms with van der Waals surface area (Å²) in [6.07, 6.45) is 1.41. The summed E-state index contributed by atoms with van der Waals surface area (Å²) >= 11 is 0. The molecule has 186 valence electrons. The van der Waals surface area contributed by atoms with Crippen molar-refractivity contribution in [2.75, 3.05) is 13.7 Å². The van der Waals surface area contributed by atoms with Crippen LogP contribution >= 0.6 is 0 Å². The summed E-state index contributed by atoms with van der Waals surface area (Å²) in [5.74, 6) is -1.88. The van der Waals surface area contributed by atoms with Crippen LogP contribution in [0.4, 0.5) is 4.79 Å². The highest BCUT2D eigenvalue weighted by atomic mass is 16.5. The summed E-state index contributed by atoms with van der Waals surface area (Å²) in [4.78, 5) is 36.9. The first kappa shape index (κ1) is 24.7. The molecule has 1 saturated carbocycles. The molecule has 2 aromatic rings. The first-order valence-corrected chi connectivity index (χ1v) is 12.1. The van der Waals surface area contributed by atoms with Gasteiger partial charge in [0.1, 0.15) is 6.61 Å². The van der Waals surface area contributed by atoms with Gasteiger partial charge < -0.3 is 25.2 Å². The molecule has 2 amide bonds. The second-order valence-electron chi connectivity index (χ2n) is 9.30. The van der Waals surface area contributed by atoms with Gasteiger partial charge in [-0.1, -0.05) is 55.0 Å². The van der Waals surface area contributed by atoms with Gasteiger partial charge in [-0.25, -0.2) is 9.59 Å². The first-order valence-electron chi connectivity index (χ1n) is 12.1. The fourth-order valence-corrected chi connectivity index (χ4v) is 5.15. The van der Waals surface area contributed by atoms with E-state index < -0.39 is 24.2 Å². The smallest absolute Gasteiger partial charge is 0.407 e. The lowest BCUT2D eigenvalue weighted by molar-refractivity contribution is -0.146. The first-order chi connectivity index (χ1) is 16.9. The number of methoxy groups -OCH3 is 1. The standard InChI is InChI=1S/C27H32N2O6/c1-16(34-2)24(26(31)32)29-25(30)17-8-7-9-18(14-17)28-27(33)35-15-23-21-12-5-3-10-19(21)20-11-4-6-13-22(20)23/h3-6,10-13,16-18,23-24H,7-9,14-15H2,1-2H3,(H,28,33)(H,29,30)(H,31,32). The zero-order valence-corrected chi connectivity index (χ0v) is 20.0. The Labute approximate surface area is 205 Å².